The first-order chi connectivity index (χ1) is 18.9. The van der Waals surface area contributed by atoms with Crippen LogP contribution in [0, 0.1) is 5.82 Å². The average Bonchev–Trinajstić information content (AvgIpc) is 2.90. The summed E-state index contributed by atoms with van der Waals surface area (Å²) in [4.78, 5) is 8.86. The van der Waals surface area contributed by atoms with Gasteiger partial charge in [0.25, 0.3) is 0 Å². The summed E-state index contributed by atoms with van der Waals surface area (Å²) < 4.78 is 86.7. The van der Waals surface area contributed by atoms with Gasteiger partial charge in [0.1, 0.15) is 28.9 Å². The minimum absolute atomic E-state index is 0.0509. The number of ether oxygens (including phenoxy) is 1. The van der Waals surface area contributed by atoms with Crippen molar-refractivity contribution in [2.24, 2.45) is 0 Å². The Morgan fingerprint density at radius 3 is 2.62 bits per heavy atom. The summed E-state index contributed by atoms with van der Waals surface area (Å²) >= 11 is 6.36. The number of benzene rings is 2. The molecule has 0 amide bonds. The Morgan fingerprint density at radius 1 is 1.18 bits per heavy atom. The Balaban J connectivity index is 1.56. The number of halogens is 5. The van der Waals surface area contributed by atoms with Crippen LogP contribution in [0.5, 0.6) is 5.75 Å². The minimum atomic E-state index is -4.46. The highest BCUT2D eigenvalue weighted by molar-refractivity contribution is 7.90. The normalized spacial score (nSPS) is 20.1. The van der Waals surface area contributed by atoms with Crippen LogP contribution < -0.4 is 4.74 Å². The van der Waals surface area contributed by atoms with Crippen LogP contribution in [0.2, 0.25) is 5.02 Å². The zero-order valence-electron chi connectivity index (χ0n) is 21.5. The maximum Gasteiger partial charge on any atom is 0.416 e. The summed E-state index contributed by atoms with van der Waals surface area (Å²) in [5, 5.41) is 9.40. The number of alkyl halides is 3. The largest absolute Gasteiger partial charge is 0.487 e. The Morgan fingerprint density at radius 2 is 1.95 bits per heavy atom. The van der Waals surface area contributed by atoms with Gasteiger partial charge in [-0.2, -0.15) is 13.2 Å². The van der Waals surface area contributed by atoms with E-state index in [9.17, 15) is 26.7 Å². The number of aromatic nitrogens is 2. The molecule has 1 N–H and O–H groups in total. The molecule has 3 aromatic rings. The van der Waals surface area contributed by atoms with Gasteiger partial charge < -0.3 is 9.84 Å². The highest BCUT2D eigenvalue weighted by Gasteiger charge is 2.37. The van der Waals surface area contributed by atoms with E-state index in [4.69, 9.17) is 16.3 Å². The van der Waals surface area contributed by atoms with Crippen LogP contribution in [0.3, 0.4) is 0 Å². The van der Waals surface area contributed by atoms with Gasteiger partial charge in [-0.25, -0.2) is 22.8 Å². The molecule has 1 heterocycles. The van der Waals surface area contributed by atoms with Crippen LogP contribution in [0.25, 0.3) is 0 Å². The third kappa shape index (κ3) is 7.09. The molecule has 0 radical (unpaired) electrons. The molecule has 13 heteroatoms. The number of rotatable bonds is 9. The number of aliphatic hydroxyl groups excluding tert-OH is 1. The van der Waals surface area contributed by atoms with Crippen LogP contribution >= 0.6 is 11.6 Å². The van der Waals surface area contributed by atoms with Crippen molar-refractivity contribution in [3.63, 3.8) is 0 Å². The first-order valence-electron chi connectivity index (χ1n) is 12.5. The molecule has 1 fully saturated rings. The van der Waals surface area contributed by atoms with E-state index in [1.807, 2.05) is 4.90 Å². The zero-order chi connectivity index (χ0) is 29.1. The molecule has 40 heavy (non-hydrogen) atoms. The number of aliphatic hydroxyl groups is 1. The fraction of sp³-hybridized carbons (Fsp3) is 0.407. The fourth-order valence-corrected chi connectivity index (χ4v) is 6.64. The molecule has 3 atom stereocenters. The van der Waals surface area contributed by atoms with Crippen molar-refractivity contribution in [1.29, 1.82) is 0 Å². The summed E-state index contributed by atoms with van der Waals surface area (Å²) in [6.07, 6.45) is -1.10. The first kappa shape index (κ1) is 30.2. The van der Waals surface area contributed by atoms with Crippen LogP contribution in [-0.2, 0) is 21.8 Å². The van der Waals surface area contributed by atoms with Gasteiger partial charge in [-0.05, 0) is 56.0 Å². The number of nitrogens with zero attached hydrogens (tertiary/aromatic N) is 3. The smallest absolute Gasteiger partial charge is 0.416 e. The number of sulfone groups is 1. The molecule has 216 valence electrons. The van der Waals surface area contributed by atoms with Gasteiger partial charge in [-0.3, -0.25) is 4.90 Å². The standard InChI is InChI=1S/C27H28ClF4N3O4S/c1-35(9-10-36)23-12-18(17-3-2-4-19(11-17)27(30,31)32)5-6-24(23)39-25-14-22(29)26(13-21(25)28)40(37,38)15-20-7-8-33-16-34-20/h2-4,7-8,11,13-14,16,18,23-24,36H,5-6,9-10,12,15H2,1H3/t18-,23-,24-/m0/s1. The first-order valence-corrected chi connectivity index (χ1v) is 14.5. The lowest BCUT2D eigenvalue weighted by atomic mass is 9.79. The van der Waals surface area contributed by atoms with E-state index < -0.39 is 44.1 Å². The van der Waals surface area contributed by atoms with E-state index in [0.29, 0.717) is 24.8 Å². The molecular weight excluding hydrogens is 574 g/mol. The molecule has 0 unspecified atom stereocenters. The summed E-state index contributed by atoms with van der Waals surface area (Å²) in [7, 11) is -2.36. The molecule has 1 aliphatic carbocycles. The molecular formula is C27H28ClF4N3O4S. The molecule has 0 aliphatic heterocycles. The van der Waals surface area contributed by atoms with Crippen LogP contribution in [0.1, 0.15) is 42.0 Å². The van der Waals surface area contributed by atoms with Gasteiger partial charge in [-0.1, -0.05) is 29.8 Å². The van der Waals surface area contributed by atoms with Crippen LogP contribution in [-0.4, -0.2) is 60.7 Å². The summed E-state index contributed by atoms with van der Waals surface area (Å²) in [6.45, 7) is 0.129. The highest BCUT2D eigenvalue weighted by atomic mass is 35.5. The summed E-state index contributed by atoms with van der Waals surface area (Å²) in [5.41, 5.74) is 0.0248. The average molecular weight is 602 g/mol. The number of hydrogen-bond donors (Lipinski definition) is 1. The van der Waals surface area contributed by atoms with Crippen molar-refractivity contribution in [2.75, 3.05) is 20.2 Å². The van der Waals surface area contributed by atoms with Gasteiger partial charge in [-0.15, -0.1) is 0 Å². The van der Waals surface area contributed by atoms with Crippen molar-refractivity contribution >= 4 is 21.4 Å². The molecule has 0 saturated heterocycles. The topological polar surface area (TPSA) is 92.6 Å². The van der Waals surface area contributed by atoms with Crippen molar-refractivity contribution in [1.82, 2.24) is 14.9 Å². The summed E-state index contributed by atoms with van der Waals surface area (Å²) in [5.74, 6) is -1.83. The third-order valence-corrected chi connectivity index (χ3v) is 8.99. The molecule has 4 rings (SSSR count). The number of hydrogen-bond acceptors (Lipinski definition) is 7. The van der Waals surface area contributed by atoms with E-state index in [1.165, 1.54) is 24.7 Å². The monoisotopic (exact) mass is 601 g/mol. The van der Waals surface area contributed by atoms with Crippen LogP contribution in [0.15, 0.2) is 59.9 Å². The second-order valence-corrected chi connectivity index (χ2v) is 12.1. The van der Waals surface area contributed by atoms with Crippen molar-refractivity contribution < 1.29 is 35.8 Å². The fourth-order valence-electron chi connectivity index (χ4n) is 4.99. The van der Waals surface area contributed by atoms with Crippen molar-refractivity contribution in [3.05, 3.63) is 82.6 Å². The Hall–Kier alpha value is -2.80. The van der Waals surface area contributed by atoms with Gasteiger partial charge in [0.15, 0.2) is 9.84 Å². The lowest BCUT2D eigenvalue weighted by Gasteiger charge is -2.41. The van der Waals surface area contributed by atoms with Gasteiger partial charge in [0.2, 0.25) is 0 Å². The number of likely N-dealkylation sites (N-methyl/N-ethyl adjacent to an activating group) is 1. The Bertz CT molecular complexity index is 1430. The van der Waals surface area contributed by atoms with Crippen LogP contribution in [0.4, 0.5) is 17.6 Å². The Labute approximate surface area is 234 Å². The second-order valence-electron chi connectivity index (χ2n) is 9.73. The van der Waals surface area contributed by atoms with Crippen molar-refractivity contribution in [2.45, 2.75) is 54.2 Å². The Kier molecular flexibility index (Phi) is 9.33. The predicted octanol–water partition coefficient (Wildman–Crippen LogP) is 5.27. The molecule has 0 bridgehead atoms. The van der Waals surface area contributed by atoms with E-state index in [1.54, 1.807) is 13.1 Å². The molecule has 1 saturated carbocycles. The maximum atomic E-state index is 15.1. The molecule has 0 spiro atoms. The van der Waals surface area contributed by atoms with E-state index in [0.717, 1.165) is 24.3 Å². The van der Waals surface area contributed by atoms with E-state index in [2.05, 4.69) is 9.97 Å². The zero-order valence-corrected chi connectivity index (χ0v) is 23.1. The minimum Gasteiger partial charge on any atom is -0.487 e. The SMILES string of the molecule is CN(CCO)[C@H]1C[C@@H](c2cccc(C(F)(F)F)c2)CC[C@@H]1Oc1cc(F)c(S(=O)(=O)Cc2ccncn2)cc1Cl. The highest BCUT2D eigenvalue weighted by Crippen LogP contribution is 2.40. The lowest BCUT2D eigenvalue weighted by molar-refractivity contribution is -0.137. The van der Waals surface area contributed by atoms with Crippen molar-refractivity contribution in [3.8, 4) is 5.75 Å². The molecule has 1 aromatic heterocycles. The van der Waals surface area contributed by atoms with Gasteiger partial charge in [0.05, 0.1) is 28.6 Å². The summed E-state index contributed by atoms with van der Waals surface area (Å²) in [6, 6.07) is 8.23. The van der Waals surface area contributed by atoms with Gasteiger partial charge >= 0.3 is 6.18 Å². The second kappa shape index (κ2) is 12.4. The van der Waals surface area contributed by atoms with E-state index >= 15 is 4.39 Å². The quantitative estimate of drug-likeness (QED) is 0.334. The molecule has 2 aromatic carbocycles. The lowest BCUT2D eigenvalue weighted by Crippen LogP contribution is -2.48. The third-order valence-electron chi connectivity index (χ3n) is 7.04. The molecule has 7 nitrogen and oxygen atoms in total. The van der Waals surface area contributed by atoms with E-state index in [-0.39, 0.29) is 41.6 Å². The maximum absolute atomic E-state index is 15.1. The van der Waals surface area contributed by atoms with Gasteiger partial charge in [0, 0.05) is 24.8 Å². The predicted molar refractivity (Wildman–Crippen MR) is 140 cm³/mol. The molecule has 1 aliphatic rings.